The SMILES string of the molecule is Cc1c(Cl)cccc1-n1nnnc1-c1ccc(Br)c(N)c1. The van der Waals surface area contributed by atoms with Crippen LogP contribution in [0.5, 0.6) is 0 Å². The van der Waals surface area contributed by atoms with Crippen molar-refractivity contribution in [1.29, 1.82) is 0 Å². The predicted octanol–water partition coefficient (Wildman–Crippen LogP) is 3.64. The van der Waals surface area contributed by atoms with E-state index in [-0.39, 0.29) is 0 Å². The molecule has 0 bridgehead atoms. The number of nitrogens with zero attached hydrogens (tertiary/aromatic N) is 4. The van der Waals surface area contributed by atoms with E-state index in [4.69, 9.17) is 17.3 Å². The number of nitrogens with two attached hydrogens (primary N) is 1. The van der Waals surface area contributed by atoms with Gasteiger partial charge in [0.2, 0.25) is 0 Å². The molecule has 0 aliphatic heterocycles. The van der Waals surface area contributed by atoms with Crippen molar-refractivity contribution < 1.29 is 0 Å². The highest BCUT2D eigenvalue weighted by Crippen LogP contribution is 2.28. The summed E-state index contributed by atoms with van der Waals surface area (Å²) < 4.78 is 2.49. The van der Waals surface area contributed by atoms with E-state index < -0.39 is 0 Å². The van der Waals surface area contributed by atoms with E-state index in [1.54, 1.807) is 4.68 Å². The van der Waals surface area contributed by atoms with E-state index in [0.29, 0.717) is 16.5 Å². The maximum atomic E-state index is 6.17. The van der Waals surface area contributed by atoms with E-state index in [1.165, 1.54) is 0 Å². The molecule has 0 aliphatic carbocycles. The fraction of sp³-hybridized carbons (Fsp3) is 0.0714. The van der Waals surface area contributed by atoms with Gasteiger partial charge in [-0.3, -0.25) is 0 Å². The maximum absolute atomic E-state index is 6.17. The summed E-state index contributed by atoms with van der Waals surface area (Å²) >= 11 is 9.54. The van der Waals surface area contributed by atoms with Crippen LogP contribution in [-0.4, -0.2) is 20.2 Å². The number of aromatic nitrogens is 4. The van der Waals surface area contributed by atoms with Crippen molar-refractivity contribution in [2.24, 2.45) is 0 Å². The molecular weight excluding hydrogens is 354 g/mol. The molecule has 0 fully saturated rings. The molecule has 2 N–H and O–H groups in total. The van der Waals surface area contributed by atoms with Gasteiger partial charge in [-0.2, -0.15) is 4.68 Å². The molecule has 7 heteroatoms. The highest BCUT2D eigenvalue weighted by Gasteiger charge is 2.14. The first-order chi connectivity index (χ1) is 10.1. The van der Waals surface area contributed by atoms with Crippen LogP contribution in [0.2, 0.25) is 5.02 Å². The van der Waals surface area contributed by atoms with Crippen LogP contribution in [0, 0.1) is 6.92 Å². The number of tetrazole rings is 1. The van der Waals surface area contributed by atoms with Crippen LogP contribution in [0.4, 0.5) is 5.69 Å². The average Bonchev–Trinajstić information content (AvgIpc) is 2.94. The molecule has 0 spiro atoms. The van der Waals surface area contributed by atoms with Crippen LogP contribution < -0.4 is 5.73 Å². The Bertz CT molecular complexity index is 815. The Balaban J connectivity index is 2.17. The summed E-state index contributed by atoms with van der Waals surface area (Å²) in [5.41, 5.74) is 9.14. The van der Waals surface area contributed by atoms with Crippen LogP contribution in [-0.2, 0) is 0 Å². The topological polar surface area (TPSA) is 69.6 Å². The Morgan fingerprint density at radius 1 is 1.24 bits per heavy atom. The Morgan fingerprint density at radius 3 is 2.81 bits per heavy atom. The zero-order chi connectivity index (χ0) is 15.0. The van der Waals surface area contributed by atoms with Gasteiger partial charge < -0.3 is 5.73 Å². The molecular formula is C14H11BrClN5. The molecule has 5 nitrogen and oxygen atoms in total. The highest BCUT2D eigenvalue weighted by atomic mass is 79.9. The molecule has 0 saturated heterocycles. The molecule has 3 rings (SSSR count). The monoisotopic (exact) mass is 363 g/mol. The molecule has 0 aliphatic rings. The summed E-state index contributed by atoms with van der Waals surface area (Å²) in [6.07, 6.45) is 0. The molecule has 21 heavy (non-hydrogen) atoms. The first kappa shape index (κ1) is 14.0. The third-order valence-corrected chi connectivity index (χ3v) is 4.32. The Morgan fingerprint density at radius 2 is 2.05 bits per heavy atom. The normalized spacial score (nSPS) is 10.8. The standard InChI is InChI=1S/C14H11BrClN5/c1-8-11(16)3-2-4-13(8)21-14(18-19-20-21)9-5-6-10(15)12(17)7-9/h2-7H,17H2,1H3. The molecule has 106 valence electrons. The van der Waals surface area contributed by atoms with Crippen LogP contribution in [0.25, 0.3) is 17.1 Å². The molecule has 1 heterocycles. The van der Waals surface area contributed by atoms with E-state index in [1.807, 2.05) is 43.3 Å². The van der Waals surface area contributed by atoms with Gasteiger partial charge in [-0.1, -0.05) is 17.7 Å². The van der Waals surface area contributed by atoms with E-state index in [0.717, 1.165) is 21.3 Å². The lowest BCUT2D eigenvalue weighted by atomic mass is 10.1. The average molecular weight is 365 g/mol. The predicted molar refractivity (Wildman–Crippen MR) is 86.4 cm³/mol. The second-order valence-corrected chi connectivity index (χ2v) is 5.80. The third kappa shape index (κ3) is 2.52. The number of nitrogen functional groups attached to an aromatic ring is 1. The van der Waals surface area contributed by atoms with Crippen LogP contribution >= 0.6 is 27.5 Å². The van der Waals surface area contributed by atoms with Crippen LogP contribution in [0.1, 0.15) is 5.56 Å². The number of rotatable bonds is 2. The van der Waals surface area contributed by atoms with Gasteiger partial charge >= 0.3 is 0 Å². The Hall–Kier alpha value is -1.92. The van der Waals surface area contributed by atoms with Crippen molar-refractivity contribution in [3.05, 3.63) is 51.5 Å². The lowest BCUT2D eigenvalue weighted by Gasteiger charge is -2.09. The van der Waals surface area contributed by atoms with Gasteiger partial charge in [0.15, 0.2) is 5.82 Å². The highest BCUT2D eigenvalue weighted by molar-refractivity contribution is 9.10. The smallest absolute Gasteiger partial charge is 0.187 e. The number of benzene rings is 2. The van der Waals surface area contributed by atoms with Gasteiger partial charge in [0.1, 0.15) is 0 Å². The van der Waals surface area contributed by atoms with Crippen LogP contribution in [0.3, 0.4) is 0 Å². The minimum atomic E-state index is 0.611. The number of halogens is 2. The number of hydrogen-bond acceptors (Lipinski definition) is 4. The first-order valence-electron chi connectivity index (χ1n) is 6.17. The van der Waals surface area contributed by atoms with Crippen molar-refractivity contribution in [3.8, 4) is 17.1 Å². The van der Waals surface area contributed by atoms with Crippen molar-refractivity contribution in [1.82, 2.24) is 20.2 Å². The van der Waals surface area contributed by atoms with Crippen molar-refractivity contribution >= 4 is 33.2 Å². The minimum absolute atomic E-state index is 0.611. The molecule has 1 aromatic heterocycles. The third-order valence-electron chi connectivity index (χ3n) is 3.19. The summed E-state index contributed by atoms with van der Waals surface area (Å²) in [5.74, 6) is 0.611. The van der Waals surface area contributed by atoms with E-state index in [9.17, 15) is 0 Å². The summed E-state index contributed by atoms with van der Waals surface area (Å²) in [5, 5.41) is 12.6. The van der Waals surface area contributed by atoms with Gasteiger partial charge in [0.05, 0.1) is 5.69 Å². The molecule has 0 atom stereocenters. The van der Waals surface area contributed by atoms with Crippen molar-refractivity contribution in [3.63, 3.8) is 0 Å². The molecule has 0 amide bonds. The fourth-order valence-corrected chi connectivity index (χ4v) is 2.45. The Kier molecular flexibility index (Phi) is 3.65. The molecule has 0 radical (unpaired) electrons. The number of anilines is 1. The summed E-state index contributed by atoms with van der Waals surface area (Å²) in [6.45, 7) is 1.93. The zero-order valence-electron chi connectivity index (χ0n) is 11.1. The maximum Gasteiger partial charge on any atom is 0.187 e. The minimum Gasteiger partial charge on any atom is -0.398 e. The molecule has 0 saturated carbocycles. The fourth-order valence-electron chi connectivity index (χ4n) is 2.04. The molecule has 3 aromatic rings. The van der Waals surface area contributed by atoms with Gasteiger partial charge in [-0.15, -0.1) is 5.10 Å². The lowest BCUT2D eigenvalue weighted by Crippen LogP contribution is -2.02. The van der Waals surface area contributed by atoms with E-state index in [2.05, 4.69) is 31.5 Å². The lowest BCUT2D eigenvalue weighted by molar-refractivity contribution is 0.787. The van der Waals surface area contributed by atoms with Gasteiger partial charge in [-0.25, -0.2) is 0 Å². The summed E-state index contributed by atoms with van der Waals surface area (Å²) in [7, 11) is 0. The molecule has 0 unspecified atom stereocenters. The Labute approximate surface area is 134 Å². The van der Waals surface area contributed by atoms with Gasteiger partial charge in [0.25, 0.3) is 0 Å². The second-order valence-electron chi connectivity index (χ2n) is 4.53. The van der Waals surface area contributed by atoms with Crippen LogP contribution in [0.15, 0.2) is 40.9 Å². The quantitative estimate of drug-likeness (QED) is 0.705. The first-order valence-corrected chi connectivity index (χ1v) is 7.34. The largest absolute Gasteiger partial charge is 0.398 e. The number of hydrogen-bond donors (Lipinski definition) is 1. The van der Waals surface area contributed by atoms with Gasteiger partial charge in [-0.05, 0) is 69.2 Å². The molecule has 2 aromatic carbocycles. The second kappa shape index (κ2) is 5.46. The van der Waals surface area contributed by atoms with Gasteiger partial charge in [0, 0.05) is 20.7 Å². The zero-order valence-corrected chi connectivity index (χ0v) is 13.4. The summed E-state index contributed by atoms with van der Waals surface area (Å²) in [6, 6.07) is 11.2. The van der Waals surface area contributed by atoms with Crippen molar-refractivity contribution in [2.75, 3.05) is 5.73 Å². The summed E-state index contributed by atoms with van der Waals surface area (Å²) in [4.78, 5) is 0. The van der Waals surface area contributed by atoms with Crippen molar-refractivity contribution in [2.45, 2.75) is 6.92 Å². The van der Waals surface area contributed by atoms with E-state index >= 15 is 0 Å².